The fourth-order valence-corrected chi connectivity index (χ4v) is 0.595. The molecule has 1 N–H and O–H groups in total. The summed E-state index contributed by atoms with van der Waals surface area (Å²) in [5.41, 5.74) is 2.97. The molecule has 3 heteroatoms. The third-order valence-electron chi connectivity index (χ3n) is 0.766. The molecular weight excluding hydrogens is 78.1 g/mol. The molecular formula is C3H9N3. The van der Waals surface area contributed by atoms with Gasteiger partial charge in [-0.1, -0.05) is 0 Å². The van der Waals surface area contributed by atoms with Crippen LogP contribution in [0.3, 0.4) is 0 Å². The van der Waals surface area contributed by atoms with Crippen LogP contribution in [0.15, 0.2) is 0 Å². The minimum Gasteiger partial charge on any atom is -0.218 e. The Morgan fingerprint density at radius 3 is 1.67 bits per heavy atom. The van der Waals surface area contributed by atoms with Gasteiger partial charge in [0.15, 0.2) is 0 Å². The monoisotopic (exact) mass is 87.1 g/mol. The van der Waals surface area contributed by atoms with Crippen molar-refractivity contribution < 1.29 is 0 Å². The van der Waals surface area contributed by atoms with Crippen LogP contribution in [0.4, 0.5) is 0 Å². The van der Waals surface area contributed by atoms with E-state index >= 15 is 0 Å². The van der Waals surface area contributed by atoms with Crippen LogP contribution in [0.25, 0.3) is 0 Å². The first-order valence-electron chi connectivity index (χ1n) is 1.97. The van der Waals surface area contributed by atoms with Crippen molar-refractivity contribution in [3.8, 4) is 0 Å². The average molecular weight is 87.1 g/mol. The van der Waals surface area contributed by atoms with E-state index < -0.39 is 0 Å². The quantitative estimate of drug-likeness (QED) is 0.419. The Morgan fingerprint density at radius 2 is 1.67 bits per heavy atom. The molecule has 1 rings (SSSR count). The van der Waals surface area contributed by atoms with Gasteiger partial charge in [-0.05, 0) is 0 Å². The average Bonchev–Trinajstić information content (AvgIpc) is 1.33. The fourth-order valence-electron chi connectivity index (χ4n) is 0.595. The number of nitrogens with zero attached hydrogens (tertiary/aromatic N) is 2. The summed E-state index contributed by atoms with van der Waals surface area (Å²) in [5.74, 6) is 0. The Labute approximate surface area is 37.5 Å². The van der Waals surface area contributed by atoms with Crippen molar-refractivity contribution in [1.29, 1.82) is 0 Å². The van der Waals surface area contributed by atoms with Crippen LogP contribution in [0.2, 0.25) is 0 Å². The van der Waals surface area contributed by atoms with Gasteiger partial charge in [-0.25, -0.2) is 10.0 Å². The highest BCUT2D eigenvalue weighted by atomic mass is 15.9. The lowest BCUT2D eigenvalue weighted by Crippen LogP contribution is -2.61. The topological polar surface area (TPSA) is 18.5 Å². The highest BCUT2D eigenvalue weighted by Gasteiger charge is 2.11. The minimum absolute atomic E-state index is 1.03. The number of hydrazine groups is 2. The molecule has 0 atom stereocenters. The summed E-state index contributed by atoms with van der Waals surface area (Å²) in [4.78, 5) is 0. The number of nitrogens with one attached hydrogen (secondary N) is 1. The SMILES string of the molecule is CN1CN(C)N1. The van der Waals surface area contributed by atoms with Crippen LogP contribution in [0, 0.1) is 0 Å². The molecule has 1 fully saturated rings. The van der Waals surface area contributed by atoms with E-state index in [9.17, 15) is 0 Å². The zero-order valence-corrected chi connectivity index (χ0v) is 4.10. The third-order valence-corrected chi connectivity index (χ3v) is 0.766. The van der Waals surface area contributed by atoms with Crippen molar-refractivity contribution in [2.75, 3.05) is 20.8 Å². The molecule has 0 aromatic carbocycles. The summed E-state index contributed by atoms with van der Waals surface area (Å²) >= 11 is 0. The lowest BCUT2D eigenvalue weighted by Gasteiger charge is -2.37. The van der Waals surface area contributed by atoms with Crippen molar-refractivity contribution in [1.82, 2.24) is 15.6 Å². The van der Waals surface area contributed by atoms with E-state index in [1.54, 1.807) is 0 Å². The van der Waals surface area contributed by atoms with E-state index in [2.05, 4.69) is 5.53 Å². The van der Waals surface area contributed by atoms with E-state index in [0.717, 1.165) is 6.67 Å². The van der Waals surface area contributed by atoms with Gasteiger partial charge in [-0.2, -0.15) is 5.53 Å². The predicted molar refractivity (Wildman–Crippen MR) is 23.5 cm³/mol. The van der Waals surface area contributed by atoms with E-state index in [1.165, 1.54) is 0 Å². The van der Waals surface area contributed by atoms with E-state index in [0.29, 0.717) is 0 Å². The summed E-state index contributed by atoms with van der Waals surface area (Å²) in [7, 11) is 4.00. The number of hydrogen-bond acceptors (Lipinski definition) is 3. The molecule has 0 aliphatic carbocycles. The molecule has 1 heterocycles. The van der Waals surface area contributed by atoms with Crippen LogP contribution < -0.4 is 5.53 Å². The second-order valence-corrected chi connectivity index (χ2v) is 1.64. The molecule has 0 spiro atoms. The van der Waals surface area contributed by atoms with Gasteiger partial charge in [0.2, 0.25) is 0 Å². The van der Waals surface area contributed by atoms with Gasteiger partial charge in [0, 0.05) is 14.1 Å². The maximum atomic E-state index is 2.97. The maximum absolute atomic E-state index is 2.97. The van der Waals surface area contributed by atoms with Gasteiger partial charge in [0.05, 0.1) is 6.67 Å². The lowest BCUT2D eigenvalue weighted by atomic mass is 10.8. The minimum atomic E-state index is 1.03. The summed E-state index contributed by atoms with van der Waals surface area (Å²) in [6.45, 7) is 1.03. The summed E-state index contributed by atoms with van der Waals surface area (Å²) in [6, 6.07) is 0. The van der Waals surface area contributed by atoms with Gasteiger partial charge >= 0.3 is 0 Å². The van der Waals surface area contributed by atoms with Crippen LogP contribution in [-0.4, -0.2) is 30.8 Å². The highest BCUT2D eigenvalue weighted by Crippen LogP contribution is 1.89. The molecule has 1 aliphatic heterocycles. The lowest BCUT2D eigenvalue weighted by molar-refractivity contribution is -0.0945. The molecule has 1 saturated heterocycles. The van der Waals surface area contributed by atoms with Crippen molar-refractivity contribution in [2.24, 2.45) is 0 Å². The largest absolute Gasteiger partial charge is 0.218 e. The third kappa shape index (κ3) is 0.518. The second-order valence-electron chi connectivity index (χ2n) is 1.64. The molecule has 3 nitrogen and oxygen atoms in total. The predicted octanol–water partition coefficient (Wildman–Crippen LogP) is -0.759. The van der Waals surface area contributed by atoms with E-state index in [1.807, 2.05) is 24.1 Å². The smallest absolute Gasteiger partial charge is 0.0802 e. The molecule has 0 aromatic rings. The Kier molecular flexibility index (Phi) is 0.799. The van der Waals surface area contributed by atoms with Gasteiger partial charge in [0.1, 0.15) is 0 Å². The van der Waals surface area contributed by atoms with Crippen molar-refractivity contribution in [3.63, 3.8) is 0 Å². The summed E-state index contributed by atoms with van der Waals surface area (Å²) < 4.78 is 0. The standard InChI is InChI=1S/C3H9N3/c1-5-3-6(2)4-5/h4H,3H2,1-2H3. The molecule has 0 saturated carbocycles. The zero-order chi connectivity index (χ0) is 4.57. The molecule has 0 amide bonds. The van der Waals surface area contributed by atoms with E-state index in [4.69, 9.17) is 0 Å². The molecule has 1 aliphatic rings. The van der Waals surface area contributed by atoms with Crippen molar-refractivity contribution >= 4 is 0 Å². The Hall–Kier alpha value is -0.120. The van der Waals surface area contributed by atoms with Crippen LogP contribution in [0.5, 0.6) is 0 Å². The van der Waals surface area contributed by atoms with E-state index in [-0.39, 0.29) is 0 Å². The number of hydrogen-bond donors (Lipinski definition) is 1. The summed E-state index contributed by atoms with van der Waals surface area (Å²) in [6.07, 6.45) is 0. The first-order valence-corrected chi connectivity index (χ1v) is 1.97. The van der Waals surface area contributed by atoms with Gasteiger partial charge < -0.3 is 0 Å². The van der Waals surface area contributed by atoms with Gasteiger partial charge in [0.25, 0.3) is 0 Å². The zero-order valence-electron chi connectivity index (χ0n) is 4.10. The molecule has 0 unspecified atom stereocenters. The Morgan fingerprint density at radius 1 is 1.33 bits per heavy atom. The molecule has 6 heavy (non-hydrogen) atoms. The van der Waals surface area contributed by atoms with Crippen molar-refractivity contribution in [2.45, 2.75) is 0 Å². The second kappa shape index (κ2) is 1.18. The molecule has 0 aromatic heterocycles. The first-order chi connectivity index (χ1) is 2.79. The normalized spacial score (nSPS) is 27.0. The highest BCUT2D eigenvalue weighted by molar-refractivity contribution is 4.47. The van der Waals surface area contributed by atoms with Crippen LogP contribution in [-0.2, 0) is 0 Å². The van der Waals surface area contributed by atoms with Gasteiger partial charge in [-0.3, -0.25) is 0 Å². The molecule has 36 valence electrons. The molecule has 0 radical (unpaired) electrons. The number of rotatable bonds is 0. The van der Waals surface area contributed by atoms with Crippen molar-refractivity contribution in [3.05, 3.63) is 0 Å². The maximum Gasteiger partial charge on any atom is 0.0802 e. The van der Waals surface area contributed by atoms with Crippen LogP contribution >= 0.6 is 0 Å². The van der Waals surface area contributed by atoms with Crippen LogP contribution in [0.1, 0.15) is 0 Å². The summed E-state index contributed by atoms with van der Waals surface area (Å²) in [5, 5.41) is 4.00. The van der Waals surface area contributed by atoms with Gasteiger partial charge in [-0.15, -0.1) is 0 Å². The fraction of sp³-hybridized carbons (Fsp3) is 1.00. The molecule has 0 bridgehead atoms. The first kappa shape index (κ1) is 4.05. The Balaban J connectivity index is 2.11. The Bertz CT molecular complexity index is 42.0.